The average molecular weight is 431 g/mol. The van der Waals surface area contributed by atoms with E-state index in [4.69, 9.17) is 16.0 Å². The van der Waals surface area contributed by atoms with Crippen molar-refractivity contribution in [3.05, 3.63) is 57.3 Å². The summed E-state index contributed by atoms with van der Waals surface area (Å²) in [5.41, 5.74) is -0.255. The molecule has 4 heterocycles. The van der Waals surface area contributed by atoms with E-state index in [1.165, 1.54) is 17.6 Å². The molecule has 0 radical (unpaired) electrons. The van der Waals surface area contributed by atoms with Gasteiger partial charge in [0.2, 0.25) is 0 Å². The Morgan fingerprint density at radius 2 is 2.25 bits per heavy atom. The number of alkyl halides is 3. The molecule has 1 aliphatic heterocycles. The van der Waals surface area contributed by atoms with Gasteiger partial charge in [-0.2, -0.15) is 18.3 Å². The highest BCUT2D eigenvalue weighted by atomic mass is 35.5. The number of fused-ring (bicyclic) bond motifs is 1. The second-order valence-electron chi connectivity index (χ2n) is 6.22. The predicted molar refractivity (Wildman–Crippen MR) is 97.5 cm³/mol. The lowest BCUT2D eigenvalue weighted by Gasteiger charge is -2.32. The molecule has 6 nitrogen and oxygen atoms in total. The number of amides is 1. The van der Waals surface area contributed by atoms with Crippen LogP contribution in [0.25, 0.3) is 0 Å². The number of nitrogens with one attached hydrogen (secondary N) is 2. The molecule has 11 heteroatoms. The fraction of sp³-hybridized carbons (Fsp3) is 0.294. The van der Waals surface area contributed by atoms with Crippen LogP contribution in [0, 0.1) is 0 Å². The molecular formula is C17H14ClF3N4O2S. The summed E-state index contributed by atoms with van der Waals surface area (Å²) in [6, 6.07) is 4.16. The summed E-state index contributed by atoms with van der Waals surface area (Å²) >= 11 is 7.69. The van der Waals surface area contributed by atoms with E-state index in [1.807, 2.05) is 17.5 Å². The number of carbonyl (C=O) groups is 1. The summed E-state index contributed by atoms with van der Waals surface area (Å²) in [6.07, 6.45) is -3.52. The van der Waals surface area contributed by atoms with Crippen LogP contribution < -0.4 is 10.6 Å². The number of hydrogen-bond donors (Lipinski definition) is 2. The summed E-state index contributed by atoms with van der Waals surface area (Å²) in [5, 5.41) is 11.1. The number of furan rings is 1. The summed E-state index contributed by atoms with van der Waals surface area (Å²) in [6.45, 7) is 0.236. The van der Waals surface area contributed by atoms with Crippen molar-refractivity contribution in [1.82, 2.24) is 15.1 Å². The maximum Gasteiger partial charge on any atom is 0.410 e. The Labute approximate surface area is 166 Å². The van der Waals surface area contributed by atoms with Crippen molar-refractivity contribution in [2.45, 2.75) is 31.2 Å². The number of rotatable bonds is 4. The van der Waals surface area contributed by atoms with Crippen molar-refractivity contribution < 1.29 is 22.4 Å². The Balaban J connectivity index is 1.65. The maximum atomic E-state index is 13.6. The largest absolute Gasteiger partial charge is 0.467 e. The SMILES string of the molecule is O=C(NCc1cccs1)c1nn2c(c1Cl)N[C@@H](c1ccco1)C[C@H]2C(F)(F)F. The van der Waals surface area contributed by atoms with Crippen molar-refractivity contribution in [3.8, 4) is 0 Å². The van der Waals surface area contributed by atoms with Crippen LogP contribution in [0.15, 0.2) is 40.3 Å². The molecule has 28 heavy (non-hydrogen) atoms. The van der Waals surface area contributed by atoms with Crippen LogP contribution in [0.4, 0.5) is 19.0 Å². The van der Waals surface area contributed by atoms with Gasteiger partial charge in [-0.3, -0.25) is 4.79 Å². The molecule has 1 amide bonds. The topological polar surface area (TPSA) is 72.1 Å². The maximum absolute atomic E-state index is 13.6. The van der Waals surface area contributed by atoms with Gasteiger partial charge in [-0.25, -0.2) is 4.68 Å². The Kier molecular flexibility index (Phi) is 4.84. The fourth-order valence-corrected chi connectivity index (χ4v) is 3.98. The number of nitrogens with zero attached hydrogens (tertiary/aromatic N) is 2. The van der Waals surface area contributed by atoms with E-state index in [0.29, 0.717) is 5.76 Å². The van der Waals surface area contributed by atoms with Crippen molar-refractivity contribution in [1.29, 1.82) is 0 Å². The molecule has 3 aromatic rings. The van der Waals surface area contributed by atoms with Gasteiger partial charge in [0.1, 0.15) is 16.6 Å². The lowest BCUT2D eigenvalue weighted by Crippen LogP contribution is -2.35. The van der Waals surface area contributed by atoms with Crippen LogP contribution >= 0.6 is 22.9 Å². The molecular weight excluding hydrogens is 417 g/mol. The minimum Gasteiger partial charge on any atom is -0.467 e. The first-order valence-corrected chi connectivity index (χ1v) is 9.55. The third kappa shape index (κ3) is 3.49. The molecule has 1 aliphatic rings. The molecule has 0 unspecified atom stereocenters. The van der Waals surface area contributed by atoms with E-state index in [1.54, 1.807) is 12.1 Å². The van der Waals surface area contributed by atoms with Crippen LogP contribution in [0.5, 0.6) is 0 Å². The Morgan fingerprint density at radius 3 is 2.89 bits per heavy atom. The molecule has 0 spiro atoms. The lowest BCUT2D eigenvalue weighted by atomic mass is 10.0. The molecule has 0 saturated carbocycles. The molecule has 0 aliphatic carbocycles. The van der Waals surface area contributed by atoms with Crippen LogP contribution in [0.2, 0.25) is 5.02 Å². The second kappa shape index (κ2) is 7.17. The molecule has 2 atom stereocenters. The smallest absolute Gasteiger partial charge is 0.410 e. The summed E-state index contributed by atoms with van der Waals surface area (Å²) in [4.78, 5) is 13.4. The van der Waals surface area contributed by atoms with Crippen molar-refractivity contribution in [2.75, 3.05) is 5.32 Å². The summed E-state index contributed by atoms with van der Waals surface area (Å²) < 4.78 is 46.9. The van der Waals surface area contributed by atoms with E-state index >= 15 is 0 Å². The van der Waals surface area contributed by atoms with Gasteiger partial charge in [0, 0.05) is 11.3 Å². The van der Waals surface area contributed by atoms with E-state index in [2.05, 4.69) is 15.7 Å². The van der Waals surface area contributed by atoms with Crippen molar-refractivity contribution in [3.63, 3.8) is 0 Å². The first-order valence-electron chi connectivity index (χ1n) is 8.30. The van der Waals surface area contributed by atoms with Gasteiger partial charge in [0.15, 0.2) is 11.7 Å². The molecule has 0 fully saturated rings. The van der Waals surface area contributed by atoms with E-state index < -0.39 is 24.2 Å². The Bertz CT molecular complexity index is 970. The highest BCUT2D eigenvalue weighted by Crippen LogP contribution is 2.46. The Morgan fingerprint density at radius 1 is 1.43 bits per heavy atom. The molecule has 148 valence electrons. The number of carbonyl (C=O) groups excluding carboxylic acids is 1. The second-order valence-corrected chi connectivity index (χ2v) is 7.63. The summed E-state index contributed by atoms with van der Waals surface area (Å²) in [7, 11) is 0. The first-order chi connectivity index (χ1) is 13.3. The van der Waals surface area contributed by atoms with Crippen LogP contribution in [0.1, 0.15) is 39.6 Å². The number of thiophene rings is 1. The number of anilines is 1. The highest BCUT2D eigenvalue weighted by Gasteiger charge is 2.48. The number of aromatic nitrogens is 2. The molecule has 0 saturated heterocycles. The molecule has 2 N–H and O–H groups in total. The third-order valence-electron chi connectivity index (χ3n) is 4.40. The molecule has 3 aromatic heterocycles. The predicted octanol–water partition coefficient (Wildman–Crippen LogP) is 4.78. The normalized spacial score (nSPS) is 19.1. The van der Waals surface area contributed by atoms with E-state index in [9.17, 15) is 18.0 Å². The zero-order valence-electron chi connectivity index (χ0n) is 14.2. The lowest BCUT2D eigenvalue weighted by molar-refractivity contribution is -0.174. The molecule has 0 aromatic carbocycles. The molecule has 4 rings (SSSR count). The van der Waals surface area contributed by atoms with Gasteiger partial charge in [-0.15, -0.1) is 11.3 Å². The standard InChI is InChI=1S/C17H14ClF3N4O2S/c18-13-14(16(26)22-8-9-3-2-6-28-9)24-25-12(17(19,20)21)7-10(23-15(13)25)11-4-1-5-27-11/h1-6,10,12,23H,7-8H2,(H,22,26)/t10-,12+/m1/s1. The first kappa shape index (κ1) is 18.9. The average Bonchev–Trinajstić information content (AvgIpc) is 3.40. The van der Waals surface area contributed by atoms with Gasteiger partial charge in [0.25, 0.3) is 5.91 Å². The monoisotopic (exact) mass is 430 g/mol. The number of halogens is 4. The van der Waals surface area contributed by atoms with Crippen LogP contribution in [-0.4, -0.2) is 21.9 Å². The Hall–Kier alpha value is -2.46. The van der Waals surface area contributed by atoms with E-state index in [0.717, 1.165) is 9.56 Å². The van der Waals surface area contributed by atoms with Crippen LogP contribution in [0.3, 0.4) is 0 Å². The van der Waals surface area contributed by atoms with Crippen molar-refractivity contribution in [2.24, 2.45) is 0 Å². The highest BCUT2D eigenvalue weighted by molar-refractivity contribution is 7.09. The third-order valence-corrected chi connectivity index (χ3v) is 5.63. The zero-order chi connectivity index (χ0) is 19.9. The van der Waals surface area contributed by atoms with Gasteiger partial charge < -0.3 is 15.1 Å². The van der Waals surface area contributed by atoms with Gasteiger partial charge in [0.05, 0.1) is 18.8 Å². The van der Waals surface area contributed by atoms with Crippen LogP contribution in [-0.2, 0) is 6.54 Å². The fourth-order valence-electron chi connectivity index (χ4n) is 3.07. The van der Waals surface area contributed by atoms with Gasteiger partial charge in [-0.05, 0) is 23.6 Å². The minimum absolute atomic E-state index is 0.0575. The van der Waals surface area contributed by atoms with Gasteiger partial charge >= 0.3 is 6.18 Å². The van der Waals surface area contributed by atoms with Gasteiger partial charge in [-0.1, -0.05) is 17.7 Å². The summed E-state index contributed by atoms with van der Waals surface area (Å²) in [5.74, 6) is -0.350. The minimum atomic E-state index is -4.57. The van der Waals surface area contributed by atoms with Crippen molar-refractivity contribution >= 4 is 34.7 Å². The quantitative estimate of drug-likeness (QED) is 0.624. The van der Waals surface area contributed by atoms with E-state index in [-0.39, 0.29) is 29.5 Å². The molecule has 0 bridgehead atoms. The zero-order valence-corrected chi connectivity index (χ0v) is 15.7. The number of hydrogen-bond acceptors (Lipinski definition) is 5.